The van der Waals surface area contributed by atoms with Crippen molar-refractivity contribution in [3.8, 4) is 5.75 Å². The zero-order chi connectivity index (χ0) is 17.1. The maximum absolute atomic E-state index is 12.5. The second-order valence-electron chi connectivity index (χ2n) is 5.77. The lowest BCUT2D eigenvalue weighted by Gasteiger charge is -2.19. The Balaban J connectivity index is 1.81. The Bertz CT molecular complexity index is 786. The third-order valence-corrected chi connectivity index (χ3v) is 4.19. The second-order valence-corrected chi connectivity index (χ2v) is 5.77. The number of hydrogen-bond acceptors (Lipinski definition) is 3. The molecule has 2 aromatic rings. The number of fused-ring (bicyclic) bond motifs is 1. The molecule has 2 aromatic carbocycles. The van der Waals surface area contributed by atoms with Crippen molar-refractivity contribution in [2.24, 2.45) is 0 Å². The highest BCUT2D eigenvalue weighted by molar-refractivity contribution is 6.02. The second kappa shape index (κ2) is 6.74. The molecule has 5 nitrogen and oxygen atoms in total. The summed E-state index contributed by atoms with van der Waals surface area (Å²) in [6.45, 7) is 2.20. The molecule has 124 valence electrons. The van der Waals surface area contributed by atoms with E-state index in [4.69, 9.17) is 4.74 Å². The van der Waals surface area contributed by atoms with Gasteiger partial charge in [-0.3, -0.25) is 9.59 Å². The van der Waals surface area contributed by atoms with Gasteiger partial charge in [0.2, 0.25) is 11.8 Å². The highest BCUT2D eigenvalue weighted by atomic mass is 16.5. The number of methoxy groups -OCH3 is 1. The number of benzene rings is 2. The fourth-order valence-corrected chi connectivity index (χ4v) is 3.09. The largest absolute Gasteiger partial charge is 0.496 e. The number of anilines is 2. The first-order valence-corrected chi connectivity index (χ1v) is 7.92. The van der Waals surface area contributed by atoms with Gasteiger partial charge in [0.1, 0.15) is 5.75 Å². The average molecular weight is 324 g/mol. The van der Waals surface area contributed by atoms with Crippen molar-refractivity contribution in [1.82, 2.24) is 0 Å². The summed E-state index contributed by atoms with van der Waals surface area (Å²) in [7, 11) is 1.59. The Kier molecular flexibility index (Phi) is 4.51. The molecule has 2 amide bonds. The van der Waals surface area contributed by atoms with Crippen LogP contribution >= 0.6 is 0 Å². The molecule has 1 aliphatic rings. The van der Waals surface area contributed by atoms with E-state index in [2.05, 4.69) is 5.32 Å². The molecule has 1 heterocycles. The highest BCUT2D eigenvalue weighted by Crippen LogP contribution is 2.35. The van der Waals surface area contributed by atoms with Crippen molar-refractivity contribution in [3.63, 3.8) is 0 Å². The minimum atomic E-state index is -0.136. The number of nitrogens with one attached hydrogen (secondary N) is 1. The number of nitrogens with zero attached hydrogens (tertiary/aromatic N) is 1. The fraction of sp³-hybridized carbons (Fsp3) is 0.263. The van der Waals surface area contributed by atoms with Gasteiger partial charge in [-0.1, -0.05) is 30.3 Å². The maximum atomic E-state index is 12.5. The van der Waals surface area contributed by atoms with Crippen LogP contribution in [0, 0.1) is 0 Å². The standard InChI is InChI=1S/C19H20N2O3/c1-13(22)21-11-10-14-7-5-8-16(19(14)21)20-18(23)12-15-6-3-4-9-17(15)24-2/h3-9H,10-12H2,1-2H3,(H,20,23). The van der Waals surface area contributed by atoms with Gasteiger partial charge in [0.25, 0.3) is 0 Å². The van der Waals surface area contributed by atoms with E-state index >= 15 is 0 Å². The van der Waals surface area contributed by atoms with Gasteiger partial charge >= 0.3 is 0 Å². The van der Waals surface area contributed by atoms with Gasteiger partial charge in [-0.05, 0) is 24.1 Å². The van der Waals surface area contributed by atoms with Crippen molar-refractivity contribution in [1.29, 1.82) is 0 Å². The molecule has 0 aromatic heterocycles. The van der Waals surface area contributed by atoms with Gasteiger partial charge < -0.3 is 15.0 Å². The lowest BCUT2D eigenvalue weighted by molar-refractivity contribution is -0.117. The quantitative estimate of drug-likeness (QED) is 0.941. The van der Waals surface area contributed by atoms with Crippen LogP contribution in [-0.2, 0) is 22.4 Å². The fourth-order valence-electron chi connectivity index (χ4n) is 3.09. The minimum Gasteiger partial charge on any atom is -0.496 e. The molecule has 0 unspecified atom stereocenters. The lowest BCUT2D eigenvalue weighted by Crippen LogP contribution is -2.27. The van der Waals surface area contributed by atoms with Crippen molar-refractivity contribution < 1.29 is 14.3 Å². The van der Waals surface area contributed by atoms with Crippen molar-refractivity contribution in [3.05, 3.63) is 53.6 Å². The van der Waals surface area contributed by atoms with E-state index in [9.17, 15) is 9.59 Å². The smallest absolute Gasteiger partial charge is 0.228 e. The predicted molar refractivity (Wildman–Crippen MR) is 93.5 cm³/mol. The molecule has 0 aliphatic carbocycles. The van der Waals surface area contributed by atoms with Gasteiger partial charge in [-0.2, -0.15) is 0 Å². The Morgan fingerprint density at radius 2 is 1.96 bits per heavy atom. The van der Waals surface area contributed by atoms with Crippen LogP contribution in [0.2, 0.25) is 0 Å². The summed E-state index contributed by atoms with van der Waals surface area (Å²) in [5.41, 5.74) is 3.41. The Hall–Kier alpha value is -2.82. The molecule has 5 heteroatoms. The number of ether oxygens (including phenoxy) is 1. The molecule has 0 atom stereocenters. The van der Waals surface area contributed by atoms with E-state index in [-0.39, 0.29) is 18.2 Å². The van der Waals surface area contributed by atoms with E-state index in [1.54, 1.807) is 18.9 Å². The molecular formula is C19H20N2O3. The van der Waals surface area contributed by atoms with Crippen LogP contribution in [0.15, 0.2) is 42.5 Å². The Labute approximate surface area is 141 Å². The molecule has 0 spiro atoms. The topological polar surface area (TPSA) is 58.6 Å². The Morgan fingerprint density at radius 3 is 2.71 bits per heavy atom. The predicted octanol–water partition coefficient (Wildman–Crippen LogP) is 2.79. The molecule has 0 saturated heterocycles. The van der Waals surface area contributed by atoms with Gasteiger partial charge in [-0.25, -0.2) is 0 Å². The van der Waals surface area contributed by atoms with E-state index < -0.39 is 0 Å². The summed E-state index contributed by atoms with van der Waals surface area (Å²) >= 11 is 0. The van der Waals surface area contributed by atoms with Crippen LogP contribution in [0.25, 0.3) is 0 Å². The summed E-state index contributed by atoms with van der Waals surface area (Å²) in [5.74, 6) is 0.541. The summed E-state index contributed by atoms with van der Waals surface area (Å²) in [6, 6.07) is 13.2. The first kappa shape index (κ1) is 16.1. The van der Waals surface area contributed by atoms with Crippen LogP contribution in [0.4, 0.5) is 11.4 Å². The van der Waals surface area contributed by atoms with Crippen LogP contribution in [-0.4, -0.2) is 25.5 Å². The van der Waals surface area contributed by atoms with Gasteiger partial charge in [0.05, 0.1) is 24.9 Å². The number of carbonyl (C=O) groups is 2. The maximum Gasteiger partial charge on any atom is 0.228 e. The molecular weight excluding hydrogens is 304 g/mol. The number of hydrogen-bond donors (Lipinski definition) is 1. The number of rotatable bonds is 4. The minimum absolute atomic E-state index is 0.0137. The SMILES string of the molecule is COc1ccccc1CC(=O)Nc1cccc2c1N(C(C)=O)CC2. The van der Waals surface area contributed by atoms with Crippen LogP contribution < -0.4 is 15.0 Å². The van der Waals surface area contributed by atoms with Gasteiger partial charge in [-0.15, -0.1) is 0 Å². The first-order chi connectivity index (χ1) is 11.6. The number of amides is 2. The van der Waals surface area contributed by atoms with E-state index in [0.29, 0.717) is 18.0 Å². The average Bonchev–Trinajstić information content (AvgIpc) is 3.00. The molecule has 0 bridgehead atoms. The Morgan fingerprint density at radius 1 is 1.17 bits per heavy atom. The summed E-state index contributed by atoms with van der Waals surface area (Å²) < 4.78 is 5.29. The first-order valence-electron chi connectivity index (χ1n) is 7.92. The van der Waals surface area contributed by atoms with E-state index in [1.165, 1.54) is 0 Å². The van der Waals surface area contributed by atoms with Crippen molar-refractivity contribution in [2.45, 2.75) is 19.8 Å². The van der Waals surface area contributed by atoms with Crippen molar-refractivity contribution in [2.75, 3.05) is 23.9 Å². The highest BCUT2D eigenvalue weighted by Gasteiger charge is 2.25. The lowest BCUT2D eigenvalue weighted by atomic mass is 10.1. The molecule has 0 saturated carbocycles. The zero-order valence-corrected chi connectivity index (χ0v) is 13.8. The summed E-state index contributed by atoms with van der Waals surface area (Å²) in [5, 5.41) is 2.94. The number of para-hydroxylation sites is 2. The van der Waals surface area contributed by atoms with Crippen LogP contribution in [0.5, 0.6) is 5.75 Å². The number of carbonyl (C=O) groups excluding carboxylic acids is 2. The summed E-state index contributed by atoms with van der Waals surface area (Å²) in [4.78, 5) is 26.0. The van der Waals surface area contributed by atoms with Gasteiger partial charge in [0.15, 0.2) is 0 Å². The van der Waals surface area contributed by atoms with Crippen molar-refractivity contribution >= 4 is 23.2 Å². The molecule has 3 rings (SSSR count). The van der Waals surface area contributed by atoms with Gasteiger partial charge in [0, 0.05) is 19.0 Å². The monoisotopic (exact) mass is 324 g/mol. The summed E-state index contributed by atoms with van der Waals surface area (Å²) in [6.07, 6.45) is 1.03. The molecule has 0 fully saturated rings. The van der Waals surface area contributed by atoms with Crippen LogP contribution in [0.1, 0.15) is 18.1 Å². The third-order valence-electron chi connectivity index (χ3n) is 4.19. The normalized spacial score (nSPS) is 12.7. The molecule has 0 radical (unpaired) electrons. The third kappa shape index (κ3) is 3.11. The molecule has 24 heavy (non-hydrogen) atoms. The van der Waals surface area contributed by atoms with Crippen LogP contribution in [0.3, 0.4) is 0 Å². The molecule has 1 aliphatic heterocycles. The van der Waals surface area contributed by atoms with E-state index in [1.807, 2.05) is 42.5 Å². The van der Waals surface area contributed by atoms with E-state index in [0.717, 1.165) is 23.2 Å². The zero-order valence-electron chi connectivity index (χ0n) is 13.8. The molecule has 1 N–H and O–H groups in total.